The van der Waals surface area contributed by atoms with Gasteiger partial charge in [0.05, 0.1) is 18.8 Å². The summed E-state index contributed by atoms with van der Waals surface area (Å²) in [5, 5.41) is 6.56. The van der Waals surface area contributed by atoms with Crippen molar-refractivity contribution in [2.75, 3.05) is 32.7 Å². The first-order chi connectivity index (χ1) is 13.7. The van der Waals surface area contributed by atoms with Crippen LogP contribution in [0.2, 0.25) is 0 Å². The molecule has 0 spiro atoms. The molecule has 8 heteroatoms. The second-order valence-corrected chi connectivity index (χ2v) is 7.03. The van der Waals surface area contributed by atoms with Gasteiger partial charge in [-0.15, -0.1) is 0 Å². The van der Waals surface area contributed by atoms with Gasteiger partial charge in [-0.1, -0.05) is 6.07 Å². The Morgan fingerprint density at radius 2 is 2.11 bits per heavy atom. The van der Waals surface area contributed by atoms with Crippen molar-refractivity contribution >= 4 is 33.2 Å². The molecule has 148 valence electrons. The normalized spacial score (nSPS) is 11.6. The van der Waals surface area contributed by atoms with E-state index in [-0.39, 0.29) is 0 Å². The molecule has 0 unspecified atom stereocenters. The van der Waals surface area contributed by atoms with Crippen LogP contribution < -0.4 is 15.4 Å². The average molecular weight is 446 g/mol. The lowest BCUT2D eigenvalue weighted by molar-refractivity contribution is 0.172. The molecule has 1 aromatic carbocycles. The van der Waals surface area contributed by atoms with E-state index in [0.717, 1.165) is 33.7 Å². The number of nitrogens with one attached hydrogen (secondary N) is 2. The maximum absolute atomic E-state index is 5.74. The number of guanidine groups is 1. The molecule has 0 saturated heterocycles. The van der Waals surface area contributed by atoms with Crippen LogP contribution in [0.1, 0.15) is 12.1 Å². The zero-order valence-electron chi connectivity index (χ0n) is 16.0. The first-order valence-corrected chi connectivity index (χ1v) is 9.80. The smallest absolute Gasteiger partial charge is 0.195 e. The van der Waals surface area contributed by atoms with Crippen molar-refractivity contribution in [1.82, 2.24) is 14.7 Å². The predicted octanol–water partition coefficient (Wildman–Crippen LogP) is 3.70. The molecule has 28 heavy (non-hydrogen) atoms. The molecule has 2 heterocycles. The zero-order chi connectivity index (χ0) is 19.8. The van der Waals surface area contributed by atoms with E-state index < -0.39 is 0 Å². The van der Waals surface area contributed by atoms with Gasteiger partial charge in [0.1, 0.15) is 11.4 Å². The van der Waals surface area contributed by atoms with Crippen LogP contribution >= 0.6 is 15.9 Å². The van der Waals surface area contributed by atoms with Gasteiger partial charge in [0.2, 0.25) is 0 Å². The van der Waals surface area contributed by atoms with E-state index in [2.05, 4.69) is 36.5 Å². The Hall–Kier alpha value is -2.58. The lowest BCUT2D eigenvalue weighted by Crippen LogP contribution is -2.30. The summed E-state index contributed by atoms with van der Waals surface area (Å²) in [7, 11) is 3.43. The molecule has 0 amide bonds. The van der Waals surface area contributed by atoms with Gasteiger partial charge >= 0.3 is 0 Å². The standard InChI is InChI=1S/C20H24BrN5O2/c1-22-20(23-12-17-14-26-13-15(21)7-8-19(26)24-17)25-16-5-3-6-18(11-16)28-10-4-9-27-2/h3,5-8,11,13-14H,4,9-10,12H2,1-2H3,(H2,22,23,25). The monoisotopic (exact) mass is 445 g/mol. The highest BCUT2D eigenvalue weighted by molar-refractivity contribution is 9.10. The Bertz CT molecular complexity index is 941. The number of imidazole rings is 1. The zero-order valence-corrected chi connectivity index (χ0v) is 17.6. The number of rotatable bonds is 8. The van der Waals surface area contributed by atoms with Crippen LogP contribution in [-0.4, -0.2) is 42.7 Å². The number of hydrogen-bond donors (Lipinski definition) is 2. The summed E-state index contributed by atoms with van der Waals surface area (Å²) in [6, 6.07) is 11.7. The maximum Gasteiger partial charge on any atom is 0.195 e. The number of aliphatic imine (C=N–C) groups is 1. The van der Waals surface area contributed by atoms with E-state index in [4.69, 9.17) is 9.47 Å². The van der Waals surface area contributed by atoms with E-state index in [0.29, 0.717) is 25.7 Å². The molecule has 0 fully saturated rings. The summed E-state index contributed by atoms with van der Waals surface area (Å²) in [4.78, 5) is 8.87. The minimum absolute atomic E-state index is 0.562. The molecule has 7 nitrogen and oxygen atoms in total. The molecule has 2 N–H and O–H groups in total. The molecule has 0 aliphatic carbocycles. The second-order valence-electron chi connectivity index (χ2n) is 6.12. The second kappa shape index (κ2) is 10.1. The number of hydrogen-bond acceptors (Lipinski definition) is 4. The van der Waals surface area contributed by atoms with Crippen LogP contribution in [-0.2, 0) is 11.3 Å². The average Bonchev–Trinajstić information content (AvgIpc) is 3.10. The Morgan fingerprint density at radius 3 is 2.93 bits per heavy atom. The molecule has 2 aromatic heterocycles. The van der Waals surface area contributed by atoms with Crippen LogP contribution in [0.15, 0.2) is 58.3 Å². The molecule has 0 aliphatic heterocycles. The fourth-order valence-electron chi connectivity index (χ4n) is 2.65. The first kappa shape index (κ1) is 20.2. The third kappa shape index (κ3) is 5.71. The third-order valence-corrected chi connectivity index (χ3v) is 4.45. The van der Waals surface area contributed by atoms with Crippen LogP contribution in [0.4, 0.5) is 5.69 Å². The van der Waals surface area contributed by atoms with Gasteiger partial charge < -0.3 is 24.5 Å². The van der Waals surface area contributed by atoms with Gasteiger partial charge in [0, 0.05) is 55.8 Å². The number of methoxy groups -OCH3 is 1. The number of nitrogens with zero attached hydrogens (tertiary/aromatic N) is 3. The van der Waals surface area contributed by atoms with Crippen molar-refractivity contribution in [3.63, 3.8) is 0 Å². The summed E-state index contributed by atoms with van der Waals surface area (Å²) in [5.41, 5.74) is 2.73. The lowest BCUT2D eigenvalue weighted by atomic mass is 10.3. The molecular formula is C20H24BrN5O2. The quantitative estimate of drug-likeness (QED) is 0.314. The Labute approximate surface area is 172 Å². The molecule has 3 rings (SSSR count). The van der Waals surface area contributed by atoms with Crippen molar-refractivity contribution in [2.45, 2.75) is 13.0 Å². The van der Waals surface area contributed by atoms with Crippen molar-refractivity contribution in [2.24, 2.45) is 4.99 Å². The molecular weight excluding hydrogens is 422 g/mol. The van der Waals surface area contributed by atoms with E-state index in [1.165, 1.54) is 0 Å². The minimum atomic E-state index is 0.562. The van der Waals surface area contributed by atoms with Crippen LogP contribution in [0, 0.1) is 0 Å². The number of aromatic nitrogens is 2. The molecule has 0 bridgehead atoms. The number of benzene rings is 1. The van der Waals surface area contributed by atoms with Gasteiger partial charge in [-0.05, 0) is 40.2 Å². The summed E-state index contributed by atoms with van der Waals surface area (Å²) >= 11 is 3.47. The highest BCUT2D eigenvalue weighted by Crippen LogP contribution is 2.17. The highest BCUT2D eigenvalue weighted by atomic mass is 79.9. The number of ether oxygens (including phenoxy) is 2. The Morgan fingerprint density at radius 1 is 1.21 bits per heavy atom. The van der Waals surface area contributed by atoms with Crippen molar-refractivity contribution in [3.05, 3.63) is 59.0 Å². The minimum Gasteiger partial charge on any atom is -0.493 e. The van der Waals surface area contributed by atoms with Gasteiger partial charge in [0.15, 0.2) is 5.96 Å². The SMILES string of the molecule is CN=C(NCc1cn2cc(Br)ccc2n1)Nc1cccc(OCCCOC)c1. The highest BCUT2D eigenvalue weighted by Gasteiger charge is 2.05. The van der Waals surface area contributed by atoms with Gasteiger partial charge in [-0.25, -0.2) is 4.98 Å². The van der Waals surface area contributed by atoms with E-state index in [1.54, 1.807) is 14.2 Å². The van der Waals surface area contributed by atoms with Crippen molar-refractivity contribution < 1.29 is 9.47 Å². The van der Waals surface area contributed by atoms with E-state index in [9.17, 15) is 0 Å². The summed E-state index contributed by atoms with van der Waals surface area (Å²) in [6.45, 7) is 1.87. The van der Waals surface area contributed by atoms with Crippen molar-refractivity contribution in [1.29, 1.82) is 0 Å². The molecule has 3 aromatic rings. The topological polar surface area (TPSA) is 72.2 Å². The summed E-state index contributed by atoms with van der Waals surface area (Å²) in [6.07, 6.45) is 4.83. The van der Waals surface area contributed by atoms with E-state index in [1.807, 2.05) is 53.2 Å². The molecule has 0 saturated carbocycles. The van der Waals surface area contributed by atoms with Gasteiger partial charge in [0.25, 0.3) is 0 Å². The summed E-state index contributed by atoms with van der Waals surface area (Å²) < 4.78 is 13.8. The number of pyridine rings is 1. The predicted molar refractivity (Wildman–Crippen MR) is 115 cm³/mol. The summed E-state index contributed by atoms with van der Waals surface area (Å²) in [5.74, 6) is 1.47. The number of fused-ring (bicyclic) bond motifs is 1. The Balaban J connectivity index is 1.56. The Kier molecular flexibility index (Phi) is 7.27. The van der Waals surface area contributed by atoms with Gasteiger partial charge in [-0.3, -0.25) is 4.99 Å². The van der Waals surface area contributed by atoms with Crippen LogP contribution in [0.5, 0.6) is 5.75 Å². The third-order valence-electron chi connectivity index (χ3n) is 3.98. The molecule has 0 atom stereocenters. The van der Waals surface area contributed by atoms with Crippen LogP contribution in [0.3, 0.4) is 0 Å². The van der Waals surface area contributed by atoms with Crippen LogP contribution in [0.25, 0.3) is 5.65 Å². The molecule has 0 aliphatic rings. The fourth-order valence-corrected chi connectivity index (χ4v) is 3.00. The number of anilines is 1. The van der Waals surface area contributed by atoms with E-state index >= 15 is 0 Å². The first-order valence-electron chi connectivity index (χ1n) is 9.00. The fraction of sp³-hybridized carbons (Fsp3) is 0.300. The maximum atomic E-state index is 5.74. The van der Waals surface area contributed by atoms with Gasteiger partial charge in [-0.2, -0.15) is 0 Å². The van der Waals surface area contributed by atoms with Crippen molar-refractivity contribution in [3.8, 4) is 5.75 Å². The largest absolute Gasteiger partial charge is 0.493 e. The lowest BCUT2D eigenvalue weighted by Gasteiger charge is -2.12. The number of halogens is 1. The molecule has 0 radical (unpaired) electrons.